The molecule has 108 valence electrons. The average molecular weight is 301 g/mol. The lowest BCUT2D eigenvalue weighted by atomic mass is 10.2. The lowest BCUT2D eigenvalue weighted by Gasteiger charge is -2.09. The predicted molar refractivity (Wildman–Crippen MR) is 87.0 cm³/mol. The Labute approximate surface area is 128 Å². The lowest BCUT2D eigenvalue weighted by Crippen LogP contribution is -2.24. The van der Waals surface area contributed by atoms with Crippen LogP contribution in [0.4, 0.5) is 0 Å². The number of para-hydroxylation sites is 1. The van der Waals surface area contributed by atoms with Crippen LogP contribution in [0, 0.1) is 0 Å². The molecule has 0 amide bonds. The van der Waals surface area contributed by atoms with E-state index in [-0.39, 0.29) is 5.11 Å². The van der Waals surface area contributed by atoms with Gasteiger partial charge in [-0.25, -0.2) is 0 Å². The SMILES string of the molecule is COc1ccc(Oc2ccccc2C=NNC(N)=S)cc1. The Kier molecular flexibility index (Phi) is 5.11. The van der Waals surface area contributed by atoms with Gasteiger partial charge in [-0.1, -0.05) is 12.1 Å². The van der Waals surface area contributed by atoms with Crippen molar-refractivity contribution >= 4 is 23.5 Å². The molecule has 0 aromatic heterocycles. The van der Waals surface area contributed by atoms with E-state index in [0.717, 1.165) is 11.3 Å². The monoisotopic (exact) mass is 301 g/mol. The van der Waals surface area contributed by atoms with E-state index in [4.69, 9.17) is 15.2 Å². The third kappa shape index (κ3) is 4.47. The topological polar surface area (TPSA) is 68.9 Å². The van der Waals surface area contributed by atoms with Crippen LogP contribution in [-0.2, 0) is 0 Å². The molecule has 0 fully saturated rings. The van der Waals surface area contributed by atoms with Crippen LogP contribution in [0.3, 0.4) is 0 Å². The van der Waals surface area contributed by atoms with E-state index in [0.29, 0.717) is 11.5 Å². The highest BCUT2D eigenvalue weighted by Gasteiger charge is 2.03. The second-order valence-electron chi connectivity index (χ2n) is 4.05. The van der Waals surface area contributed by atoms with Gasteiger partial charge in [0.2, 0.25) is 0 Å². The number of rotatable bonds is 5. The Hall–Kier alpha value is -2.60. The first kappa shape index (κ1) is 14.8. The zero-order valence-corrected chi connectivity index (χ0v) is 12.3. The first-order chi connectivity index (χ1) is 10.2. The van der Waals surface area contributed by atoms with E-state index in [2.05, 4.69) is 22.7 Å². The molecule has 2 rings (SSSR count). The van der Waals surface area contributed by atoms with Gasteiger partial charge in [0.05, 0.1) is 13.3 Å². The molecule has 5 nitrogen and oxygen atoms in total. The highest BCUT2D eigenvalue weighted by Crippen LogP contribution is 2.25. The van der Waals surface area contributed by atoms with Crippen molar-refractivity contribution in [3.63, 3.8) is 0 Å². The van der Waals surface area contributed by atoms with Gasteiger partial charge in [0, 0.05) is 5.56 Å². The van der Waals surface area contributed by atoms with Crippen molar-refractivity contribution in [1.82, 2.24) is 5.43 Å². The maximum atomic E-state index is 5.83. The molecular weight excluding hydrogens is 286 g/mol. The minimum Gasteiger partial charge on any atom is -0.497 e. The van der Waals surface area contributed by atoms with E-state index in [1.807, 2.05) is 48.5 Å². The van der Waals surface area contributed by atoms with Gasteiger partial charge < -0.3 is 15.2 Å². The minimum atomic E-state index is 0.111. The van der Waals surface area contributed by atoms with Crippen molar-refractivity contribution in [1.29, 1.82) is 0 Å². The standard InChI is InChI=1S/C15H15N3O2S/c1-19-12-6-8-13(9-7-12)20-14-5-3-2-4-11(14)10-17-18-15(16)21/h2-10H,1H3,(H3,16,18,21). The summed E-state index contributed by atoms with van der Waals surface area (Å²) in [5.74, 6) is 2.16. The fourth-order valence-corrected chi connectivity index (χ4v) is 1.67. The third-order valence-corrected chi connectivity index (χ3v) is 2.68. The number of hydrogen-bond donors (Lipinski definition) is 2. The van der Waals surface area contributed by atoms with Gasteiger partial charge in [-0.2, -0.15) is 5.10 Å². The smallest absolute Gasteiger partial charge is 0.184 e. The predicted octanol–water partition coefficient (Wildman–Crippen LogP) is 2.65. The van der Waals surface area contributed by atoms with E-state index in [9.17, 15) is 0 Å². The molecule has 3 N–H and O–H groups in total. The minimum absolute atomic E-state index is 0.111. The molecule has 0 radical (unpaired) electrons. The molecular formula is C15H15N3O2S. The highest BCUT2D eigenvalue weighted by molar-refractivity contribution is 7.80. The van der Waals surface area contributed by atoms with Crippen LogP contribution in [0.15, 0.2) is 53.6 Å². The molecule has 0 aliphatic heterocycles. The van der Waals surface area contributed by atoms with Crippen molar-refractivity contribution in [2.75, 3.05) is 7.11 Å². The van der Waals surface area contributed by atoms with Gasteiger partial charge in [-0.15, -0.1) is 0 Å². The van der Waals surface area contributed by atoms with E-state index < -0.39 is 0 Å². The number of methoxy groups -OCH3 is 1. The summed E-state index contributed by atoms with van der Waals surface area (Å²) in [5, 5.41) is 4.04. The number of ether oxygens (including phenoxy) is 2. The van der Waals surface area contributed by atoms with Crippen molar-refractivity contribution < 1.29 is 9.47 Å². The van der Waals surface area contributed by atoms with Crippen LogP contribution in [-0.4, -0.2) is 18.4 Å². The van der Waals surface area contributed by atoms with Crippen molar-refractivity contribution in [3.8, 4) is 17.2 Å². The molecule has 0 heterocycles. The number of benzene rings is 2. The Bertz CT molecular complexity index is 642. The molecule has 6 heteroatoms. The summed E-state index contributed by atoms with van der Waals surface area (Å²) < 4.78 is 10.9. The van der Waals surface area contributed by atoms with Gasteiger partial charge in [0.25, 0.3) is 0 Å². The van der Waals surface area contributed by atoms with Crippen molar-refractivity contribution in [3.05, 3.63) is 54.1 Å². The number of nitrogens with one attached hydrogen (secondary N) is 1. The molecule has 0 saturated heterocycles. The number of thiocarbonyl (C=S) groups is 1. The number of hydrazone groups is 1. The fourth-order valence-electron chi connectivity index (χ4n) is 1.62. The molecule has 0 bridgehead atoms. The highest BCUT2D eigenvalue weighted by atomic mass is 32.1. The summed E-state index contributed by atoms with van der Waals surface area (Å²) >= 11 is 4.68. The molecule has 21 heavy (non-hydrogen) atoms. The van der Waals surface area contributed by atoms with Gasteiger partial charge in [0.15, 0.2) is 5.11 Å². The summed E-state index contributed by atoms with van der Waals surface area (Å²) in [5.41, 5.74) is 8.62. The summed E-state index contributed by atoms with van der Waals surface area (Å²) in [4.78, 5) is 0. The first-order valence-corrected chi connectivity index (χ1v) is 6.59. The van der Waals surface area contributed by atoms with Crippen LogP contribution in [0.2, 0.25) is 0 Å². The number of hydrogen-bond acceptors (Lipinski definition) is 4. The average Bonchev–Trinajstić information content (AvgIpc) is 2.49. The normalized spacial score (nSPS) is 10.3. The summed E-state index contributed by atoms with van der Waals surface area (Å²) in [6.45, 7) is 0. The maximum Gasteiger partial charge on any atom is 0.184 e. The first-order valence-electron chi connectivity index (χ1n) is 6.18. The number of nitrogens with zero attached hydrogens (tertiary/aromatic N) is 1. The zero-order valence-electron chi connectivity index (χ0n) is 11.4. The second-order valence-corrected chi connectivity index (χ2v) is 4.49. The van der Waals surface area contributed by atoms with E-state index in [1.165, 1.54) is 0 Å². The van der Waals surface area contributed by atoms with E-state index in [1.54, 1.807) is 13.3 Å². The van der Waals surface area contributed by atoms with Crippen LogP contribution < -0.4 is 20.6 Å². The van der Waals surface area contributed by atoms with Crippen molar-refractivity contribution in [2.24, 2.45) is 10.8 Å². The fraction of sp³-hybridized carbons (Fsp3) is 0.0667. The van der Waals surface area contributed by atoms with Crippen LogP contribution in [0.5, 0.6) is 17.2 Å². The molecule has 0 aliphatic rings. The van der Waals surface area contributed by atoms with Crippen LogP contribution >= 0.6 is 12.2 Å². The molecule has 0 aliphatic carbocycles. The van der Waals surface area contributed by atoms with Crippen molar-refractivity contribution in [2.45, 2.75) is 0 Å². The quantitative estimate of drug-likeness (QED) is 0.505. The number of nitrogens with two attached hydrogens (primary N) is 1. The Morgan fingerprint density at radius 3 is 2.48 bits per heavy atom. The lowest BCUT2D eigenvalue weighted by molar-refractivity contribution is 0.413. The molecule has 2 aromatic carbocycles. The summed E-state index contributed by atoms with van der Waals surface area (Å²) in [7, 11) is 1.62. The third-order valence-electron chi connectivity index (χ3n) is 2.58. The van der Waals surface area contributed by atoms with Gasteiger partial charge in [0.1, 0.15) is 17.2 Å². The Balaban J connectivity index is 2.15. The van der Waals surface area contributed by atoms with Gasteiger partial charge in [-0.05, 0) is 48.6 Å². The molecule has 0 unspecified atom stereocenters. The van der Waals surface area contributed by atoms with Gasteiger partial charge >= 0.3 is 0 Å². The summed E-state index contributed by atoms with van der Waals surface area (Å²) in [6, 6.07) is 14.8. The van der Waals surface area contributed by atoms with Crippen LogP contribution in [0.1, 0.15) is 5.56 Å². The molecule has 0 spiro atoms. The molecule has 2 aromatic rings. The maximum absolute atomic E-state index is 5.83. The van der Waals surface area contributed by atoms with E-state index >= 15 is 0 Å². The second kappa shape index (κ2) is 7.25. The van der Waals surface area contributed by atoms with Crippen LogP contribution in [0.25, 0.3) is 0 Å². The van der Waals surface area contributed by atoms with Gasteiger partial charge in [-0.3, -0.25) is 5.43 Å². The largest absolute Gasteiger partial charge is 0.497 e. The Morgan fingerprint density at radius 1 is 1.14 bits per heavy atom. The summed E-state index contributed by atoms with van der Waals surface area (Å²) in [6.07, 6.45) is 1.60. The molecule has 0 saturated carbocycles. The zero-order chi connectivity index (χ0) is 15.1. The molecule has 0 atom stereocenters. The Morgan fingerprint density at radius 2 is 1.81 bits per heavy atom.